The third-order valence-electron chi connectivity index (χ3n) is 6.92. The Morgan fingerprint density at radius 3 is 1.19 bits per heavy atom. The number of hydrogen-bond acceptors (Lipinski definition) is 2. The van der Waals surface area contributed by atoms with Gasteiger partial charge in [-0.2, -0.15) is 0 Å². The third-order valence-corrected chi connectivity index (χ3v) is 21.0. The molecule has 0 amide bonds. The molecule has 36 heavy (non-hydrogen) atoms. The van der Waals surface area contributed by atoms with Crippen LogP contribution < -0.4 is 0 Å². The quantitative estimate of drug-likeness (QED) is 0.0687. The summed E-state index contributed by atoms with van der Waals surface area (Å²) in [6, 6.07) is 0. The van der Waals surface area contributed by atoms with E-state index in [9.17, 15) is 4.79 Å². The first kappa shape index (κ1) is 38.8. The number of carboxylic acid groups (broad SMARTS) is 1. The average molecular weight is 635 g/mol. The van der Waals surface area contributed by atoms with Crippen LogP contribution in [-0.2, 0) is 4.79 Å². The van der Waals surface area contributed by atoms with Crippen LogP contribution in [0.4, 0.5) is 0 Å². The summed E-state index contributed by atoms with van der Waals surface area (Å²) in [5, 5.41) is 8.41. The van der Waals surface area contributed by atoms with Gasteiger partial charge in [0, 0.05) is 6.42 Å². The number of aliphatic carboxylic acids is 1. The van der Waals surface area contributed by atoms with Crippen LogP contribution >= 0.6 is 8.95 Å². The van der Waals surface area contributed by atoms with Crippen LogP contribution in [0.15, 0.2) is 0 Å². The van der Waals surface area contributed by atoms with Gasteiger partial charge in [-0.05, 0) is 6.42 Å². The van der Waals surface area contributed by atoms with E-state index >= 15 is 0 Å². The summed E-state index contributed by atoms with van der Waals surface area (Å²) >= 11 is -1.01. The first-order valence-corrected chi connectivity index (χ1v) is 24.8. The Kier molecular flexibility index (Phi) is 38.4. The van der Waals surface area contributed by atoms with Crippen molar-refractivity contribution in [3.05, 3.63) is 0 Å². The molecule has 217 valence electrons. The molecule has 0 fully saturated rings. The van der Waals surface area contributed by atoms with Gasteiger partial charge in [0.1, 0.15) is 0 Å². The number of hydrogen-bond donors (Lipinski definition) is 1. The second kappa shape index (κ2) is 35.6. The molecule has 0 aliphatic heterocycles. The summed E-state index contributed by atoms with van der Waals surface area (Å²) in [7, 11) is 2.48. The monoisotopic (exact) mass is 635 g/mol. The van der Waals surface area contributed by atoms with Gasteiger partial charge in [-0.15, -0.1) is 0 Å². The van der Waals surface area contributed by atoms with Gasteiger partial charge < -0.3 is 5.11 Å². The van der Waals surface area contributed by atoms with Crippen molar-refractivity contribution in [2.45, 2.75) is 191 Å². The Bertz CT molecular complexity index is 398. The molecule has 0 rings (SSSR count). The fourth-order valence-electron chi connectivity index (χ4n) is 4.41. The Labute approximate surface area is 238 Å². The fraction of sp³-hybridized carbons (Fsp3) is 0.969. The van der Waals surface area contributed by atoms with Gasteiger partial charge >= 0.3 is 152 Å². The van der Waals surface area contributed by atoms with Gasteiger partial charge in [0.05, 0.1) is 0 Å². The number of rotatable bonds is 28. The van der Waals surface area contributed by atoms with Crippen molar-refractivity contribution < 1.29 is 9.90 Å². The number of unbranched alkanes of at least 4 members (excludes halogenated alkanes) is 19. The maximum absolute atomic E-state index is 10.2. The molecule has 0 aromatic heterocycles. The molecule has 0 aliphatic carbocycles. The van der Waals surface area contributed by atoms with Crippen LogP contribution in [0.1, 0.15) is 182 Å². The number of carbonyl (C=O) groups is 1. The van der Waals surface area contributed by atoms with E-state index in [1.165, 1.54) is 141 Å². The Morgan fingerprint density at radius 2 is 0.833 bits per heavy atom. The molecule has 0 aromatic carbocycles. The zero-order chi connectivity index (χ0) is 27.0. The van der Waals surface area contributed by atoms with Gasteiger partial charge in [0.2, 0.25) is 0 Å². The van der Waals surface area contributed by atoms with Crippen LogP contribution in [0.25, 0.3) is 0 Å². The van der Waals surface area contributed by atoms with Gasteiger partial charge in [-0.3, -0.25) is 4.79 Å². The van der Waals surface area contributed by atoms with E-state index in [0.717, 1.165) is 12.8 Å². The van der Waals surface area contributed by atoms with Crippen molar-refractivity contribution in [2.24, 2.45) is 0 Å². The molecular weight excluding hydrogens is 567 g/mol. The zero-order valence-electron chi connectivity index (χ0n) is 25.4. The third kappa shape index (κ3) is 36.8. The molecule has 0 heterocycles. The van der Waals surface area contributed by atoms with Crippen molar-refractivity contribution in [1.82, 2.24) is 0 Å². The van der Waals surface area contributed by atoms with Gasteiger partial charge in [0.25, 0.3) is 0 Å². The zero-order valence-corrected chi connectivity index (χ0v) is 29.0. The predicted octanol–water partition coefficient (Wildman–Crippen LogP) is 12.2. The van der Waals surface area contributed by atoms with E-state index in [4.69, 9.17) is 5.11 Å². The van der Waals surface area contributed by atoms with Crippen molar-refractivity contribution in [3.63, 3.8) is 0 Å². The molecule has 0 spiro atoms. The first-order valence-electron chi connectivity index (χ1n) is 16.3. The fourth-order valence-corrected chi connectivity index (χ4v) is 18.4. The summed E-state index contributed by atoms with van der Waals surface area (Å²) in [5.41, 5.74) is 0. The minimum absolute atomic E-state index is 0.343. The molecule has 0 bridgehead atoms. The summed E-state index contributed by atoms with van der Waals surface area (Å²) in [4.78, 5) is 10.2. The molecular formula is C32H67O2SSn. The van der Waals surface area contributed by atoms with Gasteiger partial charge in [-0.25, -0.2) is 0 Å². The second-order valence-electron chi connectivity index (χ2n) is 10.7. The van der Waals surface area contributed by atoms with Crippen LogP contribution in [-0.4, -0.2) is 35.2 Å². The SMILES string of the molecule is CCCCCCCCCCCC(=O)O.CCCCCCCCCCCC[S][Sn]([CH2]CCC)[CH2]CCC. The minimum atomic E-state index is -1.01. The molecule has 0 unspecified atom stereocenters. The first-order chi connectivity index (χ1) is 17.6. The van der Waals surface area contributed by atoms with E-state index in [2.05, 4.69) is 36.6 Å². The standard InChI is InChI=1S/C12H24O2.C12H26S.2C4H9.Sn/c1-2-3-4-5-6-7-8-9-10-11-12(13)14;1-2-3-4-5-6-7-8-9-10-11-12-13;2*1-3-4-2;/h2-11H2,1H3,(H,13,14);13H,2-12H2,1H3;2*1,3-4H2,2H3;/q;;;;+1/p-1. The van der Waals surface area contributed by atoms with Crippen LogP contribution in [0.2, 0.25) is 8.87 Å². The van der Waals surface area contributed by atoms with Gasteiger partial charge in [-0.1, -0.05) is 65.2 Å². The van der Waals surface area contributed by atoms with E-state index in [-0.39, 0.29) is 0 Å². The average Bonchev–Trinajstić information content (AvgIpc) is 2.87. The number of carboxylic acids is 1. The molecule has 4 heteroatoms. The molecule has 0 aliphatic rings. The Morgan fingerprint density at radius 1 is 0.500 bits per heavy atom. The van der Waals surface area contributed by atoms with E-state index in [1.807, 2.05) is 0 Å². The maximum atomic E-state index is 10.2. The van der Waals surface area contributed by atoms with Crippen LogP contribution in [0.3, 0.4) is 0 Å². The molecule has 1 N–H and O–H groups in total. The Balaban J connectivity index is 0. The molecule has 2 nitrogen and oxygen atoms in total. The summed E-state index contributed by atoms with van der Waals surface area (Å²) < 4.78 is 3.31. The van der Waals surface area contributed by atoms with Crippen molar-refractivity contribution in [1.29, 1.82) is 0 Å². The molecule has 0 saturated carbocycles. The molecule has 0 atom stereocenters. The van der Waals surface area contributed by atoms with E-state index in [1.54, 1.807) is 8.87 Å². The van der Waals surface area contributed by atoms with Gasteiger partial charge in [0.15, 0.2) is 0 Å². The molecule has 0 saturated heterocycles. The predicted molar refractivity (Wildman–Crippen MR) is 169 cm³/mol. The van der Waals surface area contributed by atoms with Crippen molar-refractivity contribution in [3.8, 4) is 0 Å². The second-order valence-corrected chi connectivity index (χ2v) is 23.7. The van der Waals surface area contributed by atoms with Crippen LogP contribution in [0, 0.1) is 0 Å². The van der Waals surface area contributed by atoms with Crippen molar-refractivity contribution >= 4 is 33.3 Å². The van der Waals surface area contributed by atoms with E-state index < -0.39 is 24.3 Å². The normalized spacial score (nSPS) is 11.0. The molecule has 1 radical (unpaired) electrons. The van der Waals surface area contributed by atoms with Crippen molar-refractivity contribution in [2.75, 3.05) is 5.75 Å². The molecule has 0 aromatic rings. The summed E-state index contributed by atoms with van der Waals surface area (Å²) in [5.74, 6) is 0.839. The summed E-state index contributed by atoms with van der Waals surface area (Å²) in [6.07, 6.45) is 32.1. The topological polar surface area (TPSA) is 37.3 Å². The van der Waals surface area contributed by atoms with E-state index in [0.29, 0.717) is 6.42 Å². The summed E-state index contributed by atoms with van der Waals surface area (Å²) in [6.45, 7) is 9.24. The Hall–Kier alpha value is 0.619. The van der Waals surface area contributed by atoms with Crippen LogP contribution in [0.5, 0.6) is 0 Å².